The Kier molecular flexibility index (Phi) is 9.35. The Morgan fingerprint density at radius 2 is 0.583 bits per heavy atom. The molecule has 0 aliphatic carbocycles. The molecule has 0 aliphatic heterocycles. The van der Waals surface area contributed by atoms with Gasteiger partial charge in [0.15, 0.2) is 0 Å². The minimum atomic E-state index is 0.123. The molecule has 0 saturated heterocycles. The molecular weight excluding hydrogens is 934 g/mol. The quantitative estimate of drug-likeness (QED) is 0.116. The Morgan fingerprint density at radius 1 is 0.236 bits per heavy atom. The van der Waals surface area contributed by atoms with Gasteiger partial charge >= 0.3 is 354 Å². The summed E-state index contributed by atoms with van der Waals surface area (Å²) >= 11 is 0.123. The average molecular weight is 977 g/mol. The first-order valence-corrected chi connectivity index (χ1v) is 26.5. The monoisotopic (exact) mass is 977 g/mol. The molecule has 0 amide bonds. The molecule has 0 saturated carbocycles. The van der Waals surface area contributed by atoms with Gasteiger partial charge in [-0.05, 0) is 11.1 Å². The molecular formula is C70H43NSe. The van der Waals surface area contributed by atoms with E-state index in [1.807, 2.05) is 0 Å². The number of rotatable bonds is 6. The molecule has 2 aromatic heterocycles. The molecule has 15 aromatic rings. The predicted octanol–water partition coefficient (Wildman–Crippen LogP) is 19.1. The average Bonchev–Trinajstić information content (AvgIpc) is 4.00. The van der Waals surface area contributed by atoms with Gasteiger partial charge in [0.1, 0.15) is 0 Å². The van der Waals surface area contributed by atoms with E-state index in [0.29, 0.717) is 0 Å². The first-order valence-electron chi connectivity index (χ1n) is 24.8. The van der Waals surface area contributed by atoms with Crippen molar-refractivity contribution >= 4 is 98.7 Å². The molecule has 0 N–H and O–H groups in total. The number of hydrogen-bond acceptors (Lipinski definition) is 0. The normalized spacial score (nSPS) is 11.9. The number of benzene rings is 13. The van der Waals surface area contributed by atoms with Crippen molar-refractivity contribution in [3.63, 3.8) is 0 Å². The molecule has 0 fully saturated rings. The van der Waals surface area contributed by atoms with Crippen LogP contribution in [-0.4, -0.2) is 19.1 Å². The summed E-state index contributed by atoms with van der Waals surface area (Å²) in [6, 6.07) is 97.3. The van der Waals surface area contributed by atoms with Gasteiger partial charge in [-0.3, -0.25) is 0 Å². The van der Waals surface area contributed by atoms with Gasteiger partial charge < -0.3 is 0 Å². The van der Waals surface area contributed by atoms with Crippen molar-refractivity contribution in [2.24, 2.45) is 0 Å². The first kappa shape index (κ1) is 41.0. The minimum absolute atomic E-state index is 0.123. The smallest absolute Gasteiger partial charge is 0.0544 e. The maximum atomic E-state index is 2.56. The molecule has 0 aliphatic rings. The summed E-state index contributed by atoms with van der Waals surface area (Å²) in [5.74, 6) is 0. The van der Waals surface area contributed by atoms with Crippen LogP contribution < -0.4 is 0 Å². The second kappa shape index (κ2) is 16.4. The third-order valence-electron chi connectivity index (χ3n) is 15.2. The van der Waals surface area contributed by atoms with E-state index in [9.17, 15) is 0 Å². The molecule has 0 spiro atoms. The number of fused-ring (bicyclic) bond motifs is 10. The van der Waals surface area contributed by atoms with Crippen LogP contribution in [0.3, 0.4) is 0 Å². The summed E-state index contributed by atoms with van der Waals surface area (Å²) in [5, 5.41) is 15.3. The van der Waals surface area contributed by atoms with Crippen LogP contribution in [0.15, 0.2) is 261 Å². The van der Waals surface area contributed by atoms with Crippen LogP contribution in [0.4, 0.5) is 0 Å². The van der Waals surface area contributed by atoms with Crippen LogP contribution >= 0.6 is 0 Å². The van der Waals surface area contributed by atoms with Gasteiger partial charge in [-0.15, -0.1) is 0 Å². The molecule has 0 radical (unpaired) electrons. The topological polar surface area (TPSA) is 4.93 Å². The minimum Gasteiger partial charge on any atom is -0.0617 e. The molecule has 0 atom stereocenters. The van der Waals surface area contributed by atoms with Crippen LogP contribution in [0.25, 0.3) is 146 Å². The molecule has 334 valence electrons. The summed E-state index contributed by atoms with van der Waals surface area (Å²) in [4.78, 5) is 0. The molecule has 13 aromatic carbocycles. The maximum absolute atomic E-state index is 2.56. The fourth-order valence-electron chi connectivity index (χ4n) is 12.1. The van der Waals surface area contributed by atoms with Gasteiger partial charge in [-0.1, -0.05) is 60.7 Å². The molecule has 0 bridgehead atoms. The number of hydrogen-bond donors (Lipinski definition) is 0. The summed E-state index contributed by atoms with van der Waals surface area (Å²) in [7, 11) is 0. The zero-order valence-electron chi connectivity index (χ0n) is 39.2. The Hall–Kier alpha value is -8.78. The molecule has 1 nitrogen and oxygen atoms in total. The molecule has 15 rings (SSSR count). The van der Waals surface area contributed by atoms with Crippen molar-refractivity contribution in [2.75, 3.05) is 0 Å². The maximum Gasteiger partial charge on any atom is -0.0544 e. The van der Waals surface area contributed by atoms with Gasteiger partial charge in [0.05, 0.1) is 0 Å². The van der Waals surface area contributed by atoms with Gasteiger partial charge in [-0.2, -0.15) is 0 Å². The van der Waals surface area contributed by atoms with Crippen molar-refractivity contribution in [2.45, 2.75) is 0 Å². The van der Waals surface area contributed by atoms with E-state index in [2.05, 4.69) is 265 Å². The number of nitrogens with zero attached hydrogens (tertiary/aromatic N) is 1. The fourth-order valence-corrected chi connectivity index (χ4v) is 14.6. The van der Waals surface area contributed by atoms with Crippen LogP contribution in [-0.2, 0) is 0 Å². The van der Waals surface area contributed by atoms with Gasteiger partial charge in [0.25, 0.3) is 0 Å². The van der Waals surface area contributed by atoms with Crippen LogP contribution in [0.5, 0.6) is 0 Å². The summed E-state index contributed by atoms with van der Waals surface area (Å²) in [6.07, 6.45) is 0. The van der Waals surface area contributed by atoms with Crippen LogP contribution in [0, 0.1) is 0 Å². The van der Waals surface area contributed by atoms with E-state index in [1.165, 1.54) is 146 Å². The fraction of sp³-hybridized carbons (Fsp3) is 0. The standard InChI is InChI=1S/C70H43NSe/c1-4-20-44(21-5-1)47-38-40-61-59(42-47)60-43-48(45-22-6-2-7-23-45)39-41-62(60)71(61)70-55-32-16-14-30-53(55)67(54-31-15-17-33-56(54)70)58-35-19-37-64-69(58)68-57(34-18-36-63(68)72-64)66-51-28-12-10-26-49(51)65(46-24-8-3-9-25-46)50-27-11-13-29-52(50)66/h1-43H. The Bertz CT molecular complexity index is 4450. The first-order chi connectivity index (χ1) is 35.8. The Balaban J connectivity index is 1.03. The van der Waals surface area contributed by atoms with Gasteiger partial charge in [0.2, 0.25) is 0 Å². The van der Waals surface area contributed by atoms with Crippen molar-refractivity contribution in [3.8, 4) is 61.3 Å². The van der Waals surface area contributed by atoms with Gasteiger partial charge in [0, 0.05) is 0 Å². The predicted molar refractivity (Wildman–Crippen MR) is 310 cm³/mol. The van der Waals surface area contributed by atoms with Crippen molar-refractivity contribution in [1.82, 2.24) is 4.57 Å². The molecule has 2 heterocycles. The third kappa shape index (κ3) is 6.20. The second-order valence-electron chi connectivity index (χ2n) is 19.0. The largest absolute Gasteiger partial charge is 0.0617 e. The zero-order valence-corrected chi connectivity index (χ0v) is 40.9. The molecule has 72 heavy (non-hydrogen) atoms. The van der Waals surface area contributed by atoms with E-state index in [1.54, 1.807) is 0 Å². The number of aromatic nitrogens is 1. The van der Waals surface area contributed by atoms with E-state index >= 15 is 0 Å². The van der Waals surface area contributed by atoms with E-state index in [0.717, 1.165) is 0 Å². The Labute approximate surface area is 422 Å². The summed E-state index contributed by atoms with van der Waals surface area (Å²) in [6.45, 7) is 0. The van der Waals surface area contributed by atoms with E-state index < -0.39 is 0 Å². The second-order valence-corrected chi connectivity index (χ2v) is 21.3. The van der Waals surface area contributed by atoms with E-state index in [4.69, 9.17) is 0 Å². The van der Waals surface area contributed by atoms with Crippen molar-refractivity contribution < 1.29 is 0 Å². The zero-order chi connectivity index (χ0) is 47.3. The SMILES string of the molecule is c1ccc(-c2ccc3c(c2)c2cc(-c4ccccc4)ccc2n3-c2c3ccccc3c(-c3cccc4[se]c5cccc(-c6c7ccccc7c(-c7ccccc7)c7ccccc67)c5c34)c3ccccc23)cc1. The summed E-state index contributed by atoms with van der Waals surface area (Å²) < 4.78 is 5.42. The van der Waals surface area contributed by atoms with Crippen LogP contribution in [0.1, 0.15) is 0 Å². The molecule has 2 heteroatoms. The summed E-state index contributed by atoms with van der Waals surface area (Å²) in [5.41, 5.74) is 16.2. The third-order valence-corrected chi connectivity index (χ3v) is 17.5. The van der Waals surface area contributed by atoms with Crippen LogP contribution in [0.2, 0.25) is 0 Å². The van der Waals surface area contributed by atoms with Gasteiger partial charge in [-0.25, -0.2) is 0 Å². The molecule has 0 unspecified atom stereocenters. The Morgan fingerprint density at radius 3 is 1.00 bits per heavy atom. The van der Waals surface area contributed by atoms with Crippen molar-refractivity contribution in [3.05, 3.63) is 261 Å². The van der Waals surface area contributed by atoms with E-state index in [-0.39, 0.29) is 14.5 Å². The van der Waals surface area contributed by atoms with Crippen molar-refractivity contribution in [1.29, 1.82) is 0 Å².